The van der Waals surface area contributed by atoms with E-state index < -0.39 is 114 Å². The third-order valence-corrected chi connectivity index (χ3v) is 11.7. The third-order valence-electron chi connectivity index (χ3n) is 7.81. The number of hydrogen-bond donors (Lipinski definition) is 8. The maximum absolute atomic E-state index is 12.6. The number of ether oxygens (including phenoxy) is 1. The summed E-state index contributed by atoms with van der Waals surface area (Å²) in [5.41, 5.74) is 2.29. The van der Waals surface area contributed by atoms with Crippen molar-refractivity contribution in [2.24, 2.45) is 5.41 Å². The van der Waals surface area contributed by atoms with Gasteiger partial charge in [-0.05, 0) is 6.92 Å². The van der Waals surface area contributed by atoms with E-state index in [-0.39, 0.29) is 131 Å². The van der Waals surface area contributed by atoms with Crippen LogP contribution < -0.4 is 120 Å². The summed E-state index contributed by atoms with van der Waals surface area (Å²) < 4.78 is 60.8. The molecule has 1 aliphatic rings. The van der Waals surface area contributed by atoms with Crippen molar-refractivity contribution in [1.82, 2.24) is 30.2 Å². The fraction of sp³-hybridized carbons (Fsp3) is 0.667. The second-order valence-electron chi connectivity index (χ2n) is 13.5. The molecule has 1 aliphatic heterocycles. The topological polar surface area (TPSA) is 430 Å². The van der Waals surface area contributed by atoms with E-state index in [9.17, 15) is 67.8 Å². The molecule has 0 saturated carbocycles. The molecule has 3 heterocycles. The number of imidazole rings is 1. The van der Waals surface area contributed by atoms with Gasteiger partial charge >= 0.3 is 102 Å². The number of fused-ring (bicyclic) bond motifs is 1. The first-order chi connectivity index (χ1) is 26.6. The SMILES string of the molecule is CC(O)(CC(=O)O)CC(=O)SCCNC(=O)CCNC(=O)C(O)C(C)(C)COP(=O)([O-])OP(=O)(O)OCC1OC(n2cnc3c(N)ncnc32)C(O)C1OP(=O)([O-])[O-].[Na+].[Na+].[Na+]. The van der Waals surface area contributed by atoms with Crippen LogP contribution in [0.15, 0.2) is 12.7 Å². The number of thioether (sulfide) groups is 1. The van der Waals surface area contributed by atoms with Crippen molar-refractivity contribution in [3.05, 3.63) is 12.7 Å². The van der Waals surface area contributed by atoms with Crippen molar-refractivity contribution < 1.29 is 184 Å². The first-order valence-corrected chi connectivity index (χ1v) is 22.0. The Bertz CT molecular complexity index is 1970. The number of nitrogens with one attached hydrogen (secondary N) is 2. The van der Waals surface area contributed by atoms with Crippen molar-refractivity contribution >= 4 is 75.1 Å². The van der Waals surface area contributed by atoms with Gasteiger partial charge in [0.25, 0.3) is 7.82 Å². The monoisotopic (exact) mass is 977 g/mol. The van der Waals surface area contributed by atoms with E-state index in [1.807, 2.05) is 0 Å². The van der Waals surface area contributed by atoms with Gasteiger partial charge in [0, 0.05) is 37.1 Å². The first kappa shape index (κ1) is 61.0. The molecule has 2 amide bonds. The van der Waals surface area contributed by atoms with Gasteiger partial charge in [0.05, 0.1) is 39.4 Å². The molecule has 1 saturated heterocycles. The molecule has 0 aromatic carbocycles. The van der Waals surface area contributed by atoms with Crippen molar-refractivity contribution in [2.75, 3.05) is 37.8 Å². The van der Waals surface area contributed by atoms with Gasteiger partial charge in [0.2, 0.25) is 11.8 Å². The number of nitrogen functional groups attached to an aromatic ring is 1. The van der Waals surface area contributed by atoms with Crippen LogP contribution in [-0.4, -0.2) is 130 Å². The molecular weight excluding hydrogens is 936 g/mol. The van der Waals surface area contributed by atoms with Gasteiger partial charge in [-0.25, -0.2) is 23.8 Å². The summed E-state index contributed by atoms with van der Waals surface area (Å²) in [6.45, 7) is 1.02. The van der Waals surface area contributed by atoms with E-state index in [1.54, 1.807) is 0 Å². The molecule has 2 aromatic heterocycles. The number of hydrogen-bond acceptors (Lipinski definition) is 23. The third kappa shape index (κ3) is 20.2. The quantitative estimate of drug-likeness (QED) is 0.0291. The summed E-state index contributed by atoms with van der Waals surface area (Å²) in [6.07, 6.45) is -8.75. The van der Waals surface area contributed by atoms with E-state index in [1.165, 1.54) is 20.8 Å². The number of amides is 2. The minimum atomic E-state index is -5.85. The zero-order valence-corrected chi connectivity index (χ0v) is 43.2. The number of aromatic nitrogens is 4. The van der Waals surface area contributed by atoms with Gasteiger partial charge in [0.15, 0.2) is 22.8 Å². The number of phosphoric acid groups is 3. The van der Waals surface area contributed by atoms with Crippen molar-refractivity contribution in [1.29, 1.82) is 0 Å². The Labute approximate surface area is 417 Å². The Hall–Kier alpha value is -0.0100. The zero-order valence-electron chi connectivity index (χ0n) is 33.7. The Morgan fingerprint density at radius 2 is 1.67 bits per heavy atom. The van der Waals surface area contributed by atoms with Crippen LogP contribution in [0.25, 0.3) is 11.2 Å². The fourth-order valence-corrected chi connectivity index (χ4v) is 8.65. The number of rotatable bonds is 23. The smallest absolute Gasteiger partial charge is 0.790 e. The predicted octanol–water partition coefficient (Wildman–Crippen LogP) is -12.6. The summed E-state index contributed by atoms with van der Waals surface area (Å²) in [4.78, 5) is 104. The van der Waals surface area contributed by atoms with Crippen molar-refractivity contribution in [2.45, 2.75) is 76.3 Å². The molecule has 328 valence electrons. The minimum absolute atomic E-state index is 0. The second kappa shape index (κ2) is 25.8. The number of nitrogens with zero attached hydrogens (tertiary/aromatic N) is 4. The van der Waals surface area contributed by atoms with Gasteiger partial charge in [-0.15, -0.1) is 0 Å². The van der Waals surface area contributed by atoms with E-state index >= 15 is 0 Å². The van der Waals surface area contributed by atoms with Crippen LogP contribution in [0.3, 0.4) is 0 Å². The number of aliphatic carboxylic acids is 1. The van der Waals surface area contributed by atoms with Crippen LogP contribution in [0.1, 0.15) is 46.3 Å². The van der Waals surface area contributed by atoms with Gasteiger partial charge in [-0.2, -0.15) is 0 Å². The molecule has 1 fully saturated rings. The molecule has 8 atom stereocenters. The second-order valence-corrected chi connectivity index (χ2v) is 18.7. The Morgan fingerprint density at radius 1 is 1.03 bits per heavy atom. The molecular formula is C27H41N7Na3O20P3S. The number of nitrogens with two attached hydrogens (primary N) is 1. The van der Waals surface area contributed by atoms with E-state index in [2.05, 4.69) is 43.5 Å². The van der Waals surface area contributed by atoms with Gasteiger partial charge < -0.3 is 74.7 Å². The number of carboxylic acids is 1. The average Bonchev–Trinajstić information content (AvgIpc) is 3.63. The van der Waals surface area contributed by atoms with Gasteiger partial charge in [0.1, 0.15) is 36.3 Å². The molecule has 0 aliphatic carbocycles. The van der Waals surface area contributed by atoms with Crippen LogP contribution in [0.4, 0.5) is 5.82 Å². The number of carbonyl (C=O) groups excluding carboxylic acids is 3. The largest absolute Gasteiger partial charge is 1.00 e. The van der Waals surface area contributed by atoms with Crippen LogP contribution in [0.2, 0.25) is 0 Å². The molecule has 9 N–H and O–H groups in total. The number of aliphatic hydroxyl groups is 3. The zero-order chi connectivity index (χ0) is 43.9. The fourth-order valence-electron chi connectivity index (χ4n) is 5.03. The van der Waals surface area contributed by atoms with Crippen molar-refractivity contribution in [3.63, 3.8) is 0 Å². The Kier molecular flexibility index (Phi) is 25.8. The Morgan fingerprint density at radius 3 is 2.28 bits per heavy atom. The number of aliphatic hydroxyl groups excluding tert-OH is 2. The number of carbonyl (C=O) groups is 4. The number of phosphoric ester groups is 3. The maximum Gasteiger partial charge on any atom is 1.00 e. The molecule has 0 spiro atoms. The molecule has 34 heteroatoms. The van der Waals surface area contributed by atoms with E-state index in [0.29, 0.717) is 0 Å². The normalized spacial score (nSPS) is 21.3. The molecule has 0 bridgehead atoms. The number of anilines is 1. The predicted molar refractivity (Wildman–Crippen MR) is 188 cm³/mol. The Balaban J connectivity index is 0.0000120. The summed E-state index contributed by atoms with van der Waals surface area (Å²) in [6, 6.07) is 0. The van der Waals surface area contributed by atoms with E-state index in [0.717, 1.165) is 29.0 Å². The van der Waals surface area contributed by atoms with Crippen molar-refractivity contribution in [3.8, 4) is 0 Å². The summed E-state index contributed by atoms with van der Waals surface area (Å²) in [5, 5.41) is 44.3. The molecule has 3 rings (SSSR count). The molecule has 27 nitrogen and oxygen atoms in total. The van der Waals surface area contributed by atoms with Crippen LogP contribution in [-0.2, 0) is 55.5 Å². The van der Waals surface area contributed by atoms with Gasteiger partial charge in [-0.1, -0.05) is 25.6 Å². The standard InChI is InChI=1S/C27H44N7O20P3S.3Na/c1-26(2,21(40)24(41)30-5-4-15(35)29-6-7-58-17(38)9-27(3,42)8-16(36)37)11-51-57(48,49)54-56(46,47)50-10-14-20(53-55(43,44)45)19(39)25(52-14)34-13-33-18-22(28)31-12-32-23(18)34;;;/h12-14,19-21,25,39-40,42H,4-11H2,1-3H3,(H,29,35)(H,30,41)(H,36,37)(H,46,47)(H,48,49)(H2,28,31,32)(H2,43,44,45);;;/q;3*+1/p-3. The molecule has 8 unspecified atom stereocenters. The van der Waals surface area contributed by atoms with Crippen LogP contribution in [0.5, 0.6) is 0 Å². The number of carboxylic acid groups (broad SMARTS) is 1. The summed E-state index contributed by atoms with van der Waals surface area (Å²) in [5.74, 6) is -2.89. The summed E-state index contributed by atoms with van der Waals surface area (Å²) >= 11 is 0.763. The van der Waals surface area contributed by atoms with Crippen LogP contribution >= 0.6 is 35.2 Å². The minimum Gasteiger partial charge on any atom is -0.790 e. The first-order valence-electron chi connectivity index (χ1n) is 16.6. The van der Waals surface area contributed by atoms with Gasteiger partial charge in [-0.3, -0.25) is 32.8 Å². The molecule has 2 aromatic rings. The summed E-state index contributed by atoms with van der Waals surface area (Å²) in [7, 11) is -17.4. The van der Waals surface area contributed by atoms with E-state index in [4.69, 9.17) is 15.6 Å². The maximum atomic E-state index is 12.6. The average molecular weight is 978 g/mol. The molecule has 61 heavy (non-hydrogen) atoms. The van der Waals surface area contributed by atoms with Crippen LogP contribution in [0, 0.1) is 5.41 Å². The molecule has 0 radical (unpaired) electrons.